The molecule has 8 heteroatoms. The second-order valence-electron chi connectivity index (χ2n) is 4.73. The molecule has 1 aliphatic heterocycles. The summed E-state index contributed by atoms with van der Waals surface area (Å²) in [6.07, 6.45) is 0. The van der Waals surface area contributed by atoms with Gasteiger partial charge in [0.15, 0.2) is 0 Å². The Bertz CT molecular complexity index is 587. The Labute approximate surface area is 123 Å². The largest absolute Gasteiger partial charge is 0.488 e. The van der Waals surface area contributed by atoms with Crippen LogP contribution in [0.25, 0.3) is 0 Å². The third-order valence-corrected chi connectivity index (χ3v) is 4.12. The van der Waals surface area contributed by atoms with E-state index < -0.39 is 10.5 Å². The lowest BCUT2D eigenvalue weighted by Gasteiger charge is -2.28. The van der Waals surface area contributed by atoms with Gasteiger partial charge in [-0.3, -0.25) is 4.90 Å². The Balaban J connectivity index is 2.22. The Morgan fingerprint density at radius 3 is 2.65 bits per heavy atom. The molecule has 0 aliphatic carbocycles. The molecule has 1 aliphatic rings. The normalized spacial score (nSPS) is 17.1. The highest BCUT2D eigenvalue weighted by atomic mass is 32.3. The van der Waals surface area contributed by atoms with Gasteiger partial charge in [-0.2, -0.15) is 8.42 Å². The zero-order valence-electron chi connectivity index (χ0n) is 11.1. The SMILES string of the molecule is Cc1c(S)cc(OS(=O)(=O)F)cc1CN1CCNCC1. The van der Waals surface area contributed by atoms with Crippen LogP contribution < -0.4 is 9.50 Å². The Morgan fingerprint density at radius 2 is 2.05 bits per heavy atom. The minimum absolute atomic E-state index is 0.0479. The van der Waals surface area contributed by atoms with Gasteiger partial charge in [-0.15, -0.1) is 12.6 Å². The summed E-state index contributed by atoms with van der Waals surface area (Å²) in [5, 5.41) is 3.26. The van der Waals surface area contributed by atoms with Crippen LogP contribution >= 0.6 is 12.6 Å². The van der Waals surface area contributed by atoms with Crippen LogP contribution in [0.4, 0.5) is 3.89 Å². The molecule has 0 spiro atoms. The number of hydrogen-bond donors (Lipinski definition) is 2. The highest BCUT2D eigenvalue weighted by Gasteiger charge is 2.16. The van der Waals surface area contributed by atoms with E-state index in [-0.39, 0.29) is 5.75 Å². The van der Waals surface area contributed by atoms with Crippen molar-refractivity contribution in [3.63, 3.8) is 0 Å². The number of piperazine rings is 1. The van der Waals surface area contributed by atoms with Gasteiger partial charge < -0.3 is 9.50 Å². The zero-order valence-corrected chi connectivity index (χ0v) is 12.8. The summed E-state index contributed by atoms with van der Waals surface area (Å²) in [5.74, 6) is -0.0479. The minimum atomic E-state index is -5.01. The van der Waals surface area contributed by atoms with Crippen LogP contribution in [-0.4, -0.2) is 39.5 Å². The number of thiol groups is 1. The summed E-state index contributed by atoms with van der Waals surface area (Å²) in [6, 6.07) is 2.95. The highest BCUT2D eigenvalue weighted by molar-refractivity contribution is 7.81. The van der Waals surface area contributed by atoms with Gasteiger partial charge in [0.05, 0.1) is 0 Å². The minimum Gasteiger partial charge on any atom is -0.358 e. The third kappa shape index (κ3) is 4.34. The number of hydrogen-bond acceptors (Lipinski definition) is 6. The van der Waals surface area contributed by atoms with Gasteiger partial charge in [-0.25, -0.2) is 0 Å². The Morgan fingerprint density at radius 1 is 1.40 bits per heavy atom. The first-order chi connectivity index (χ1) is 9.35. The van der Waals surface area contributed by atoms with E-state index in [2.05, 4.69) is 27.0 Å². The molecule has 1 aromatic carbocycles. The summed E-state index contributed by atoms with van der Waals surface area (Å²) >= 11 is 4.28. The van der Waals surface area contributed by atoms with Crippen LogP contribution in [0.15, 0.2) is 17.0 Å². The van der Waals surface area contributed by atoms with Gasteiger partial charge in [-0.1, -0.05) is 3.89 Å². The van der Waals surface area contributed by atoms with Gasteiger partial charge in [-0.05, 0) is 30.2 Å². The van der Waals surface area contributed by atoms with E-state index in [9.17, 15) is 12.3 Å². The number of nitrogens with zero attached hydrogens (tertiary/aromatic N) is 1. The molecule has 1 heterocycles. The molecule has 5 nitrogen and oxygen atoms in total. The average Bonchev–Trinajstić information content (AvgIpc) is 2.34. The van der Waals surface area contributed by atoms with Crippen molar-refractivity contribution in [3.8, 4) is 5.75 Å². The van der Waals surface area contributed by atoms with Crippen molar-refractivity contribution in [2.45, 2.75) is 18.4 Å². The summed E-state index contributed by atoms with van der Waals surface area (Å²) in [5.41, 5.74) is 1.83. The van der Waals surface area contributed by atoms with Crippen molar-refractivity contribution < 1.29 is 16.5 Å². The monoisotopic (exact) mass is 320 g/mol. The molecule has 1 aromatic rings. The van der Waals surface area contributed by atoms with E-state index in [1.54, 1.807) is 6.07 Å². The smallest absolute Gasteiger partial charge is 0.358 e. The van der Waals surface area contributed by atoms with Gasteiger partial charge in [0, 0.05) is 37.6 Å². The number of nitrogens with one attached hydrogen (secondary N) is 1. The second-order valence-corrected chi connectivity index (χ2v) is 6.16. The van der Waals surface area contributed by atoms with Crippen molar-refractivity contribution in [2.24, 2.45) is 0 Å². The van der Waals surface area contributed by atoms with Crippen LogP contribution in [0.5, 0.6) is 5.75 Å². The molecule has 1 fully saturated rings. The quantitative estimate of drug-likeness (QED) is 0.646. The van der Waals surface area contributed by atoms with E-state index in [4.69, 9.17) is 0 Å². The second kappa shape index (κ2) is 6.30. The van der Waals surface area contributed by atoms with Gasteiger partial charge in [0.1, 0.15) is 5.75 Å². The van der Waals surface area contributed by atoms with Crippen molar-refractivity contribution in [3.05, 3.63) is 23.3 Å². The molecule has 20 heavy (non-hydrogen) atoms. The highest BCUT2D eigenvalue weighted by Crippen LogP contribution is 2.27. The van der Waals surface area contributed by atoms with Crippen LogP contribution in [0.3, 0.4) is 0 Å². The first kappa shape index (κ1) is 15.6. The summed E-state index contributed by atoms with van der Waals surface area (Å²) < 4.78 is 38.0. The molecule has 0 atom stereocenters. The maximum absolute atomic E-state index is 12.6. The molecule has 0 saturated carbocycles. The fourth-order valence-corrected chi connectivity index (χ4v) is 2.76. The molecule has 2 rings (SSSR count). The third-order valence-electron chi connectivity index (χ3n) is 3.26. The maximum Gasteiger partial charge on any atom is 0.488 e. The molecule has 0 unspecified atom stereocenters. The predicted octanol–water partition coefficient (Wildman–Crippen LogP) is 1.28. The molecule has 0 amide bonds. The molecule has 1 N–H and O–H groups in total. The Hall–Kier alpha value is -0.830. The lowest BCUT2D eigenvalue weighted by molar-refractivity contribution is 0.232. The predicted molar refractivity (Wildman–Crippen MR) is 77.2 cm³/mol. The molecule has 1 saturated heterocycles. The van der Waals surface area contributed by atoms with Crippen LogP contribution in [0, 0.1) is 6.92 Å². The van der Waals surface area contributed by atoms with E-state index in [1.165, 1.54) is 6.07 Å². The average molecular weight is 320 g/mol. The van der Waals surface area contributed by atoms with Crippen molar-refractivity contribution in [2.75, 3.05) is 26.2 Å². The van der Waals surface area contributed by atoms with Gasteiger partial charge >= 0.3 is 10.5 Å². The molecular formula is C12H17FN2O3S2. The molecule has 0 aromatic heterocycles. The fraction of sp³-hybridized carbons (Fsp3) is 0.500. The molecular weight excluding hydrogens is 303 g/mol. The standard InChI is InChI=1S/C12H17FN2O3S2/c1-9-10(8-15-4-2-14-3-5-15)6-11(7-12(9)19)18-20(13,16)17/h6-7,14,19H,2-5,8H2,1H3. The molecule has 112 valence electrons. The summed E-state index contributed by atoms with van der Waals surface area (Å²) in [6.45, 7) is 6.21. The van der Waals surface area contributed by atoms with Crippen molar-refractivity contribution in [1.82, 2.24) is 10.2 Å². The van der Waals surface area contributed by atoms with Crippen LogP contribution in [0.1, 0.15) is 11.1 Å². The lowest BCUT2D eigenvalue weighted by atomic mass is 10.1. The molecule has 0 radical (unpaired) electrons. The molecule has 0 bridgehead atoms. The maximum atomic E-state index is 12.6. The van der Waals surface area contributed by atoms with Crippen molar-refractivity contribution >= 4 is 23.1 Å². The fourth-order valence-electron chi connectivity index (χ4n) is 2.17. The lowest BCUT2D eigenvalue weighted by Crippen LogP contribution is -2.43. The van der Waals surface area contributed by atoms with E-state index in [0.717, 1.165) is 37.3 Å². The Kier molecular flexibility index (Phi) is 4.90. The van der Waals surface area contributed by atoms with Crippen molar-refractivity contribution in [1.29, 1.82) is 0 Å². The number of halogens is 1. The van der Waals surface area contributed by atoms with Crippen LogP contribution in [-0.2, 0) is 17.0 Å². The topological polar surface area (TPSA) is 58.6 Å². The first-order valence-electron chi connectivity index (χ1n) is 6.25. The van der Waals surface area contributed by atoms with E-state index >= 15 is 0 Å². The number of benzene rings is 1. The summed E-state index contributed by atoms with van der Waals surface area (Å²) in [4.78, 5) is 2.82. The van der Waals surface area contributed by atoms with Gasteiger partial charge in [0.25, 0.3) is 0 Å². The zero-order chi connectivity index (χ0) is 14.8. The number of rotatable bonds is 4. The van der Waals surface area contributed by atoms with Crippen LogP contribution in [0.2, 0.25) is 0 Å². The van der Waals surface area contributed by atoms with E-state index in [0.29, 0.717) is 11.4 Å². The summed E-state index contributed by atoms with van der Waals surface area (Å²) in [7, 11) is -5.01. The van der Waals surface area contributed by atoms with Gasteiger partial charge in [0.2, 0.25) is 0 Å². The first-order valence-corrected chi connectivity index (χ1v) is 8.00. The van der Waals surface area contributed by atoms with E-state index in [1.807, 2.05) is 6.92 Å².